The van der Waals surface area contributed by atoms with Gasteiger partial charge in [-0.3, -0.25) is 9.20 Å². The van der Waals surface area contributed by atoms with E-state index in [0.29, 0.717) is 22.6 Å². The second-order valence-corrected chi connectivity index (χ2v) is 6.40. The molecule has 0 saturated carbocycles. The smallest absolute Gasteiger partial charge is 0.290 e. The predicted octanol–water partition coefficient (Wildman–Crippen LogP) is 3.57. The molecule has 134 valence electrons. The minimum absolute atomic E-state index is 0.105. The van der Waals surface area contributed by atoms with Crippen molar-refractivity contribution in [2.75, 3.05) is 0 Å². The Morgan fingerprint density at radius 1 is 1.19 bits per heavy atom. The lowest BCUT2D eigenvalue weighted by Gasteiger charge is -2.05. The molecule has 2 N–H and O–H groups in total. The van der Waals surface area contributed by atoms with Crippen molar-refractivity contribution in [1.82, 2.24) is 14.8 Å². The van der Waals surface area contributed by atoms with E-state index in [1.165, 1.54) is 6.21 Å². The van der Waals surface area contributed by atoms with Crippen LogP contribution in [0.2, 0.25) is 0 Å². The van der Waals surface area contributed by atoms with Crippen LogP contribution >= 0.6 is 0 Å². The third-order valence-electron chi connectivity index (χ3n) is 4.48. The van der Waals surface area contributed by atoms with E-state index in [1.807, 2.05) is 55.6 Å². The summed E-state index contributed by atoms with van der Waals surface area (Å²) in [7, 11) is 0. The minimum atomic E-state index is -0.361. The molecular weight excluding hydrogens is 340 g/mol. The van der Waals surface area contributed by atoms with Crippen LogP contribution in [0.1, 0.15) is 27.3 Å². The number of amides is 1. The number of aryl methyl sites for hydroxylation is 2. The first kappa shape index (κ1) is 16.8. The first-order valence-electron chi connectivity index (χ1n) is 8.54. The number of nitrogens with one attached hydrogen (secondary N) is 1. The number of phenolic OH excluding ortho intramolecular Hbond substituents is 1. The Morgan fingerprint density at radius 3 is 2.85 bits per heavy atom. The number of phenols is 1. The van der Waals surface area contributed by atoms with E-state index in [0.717, 1.165) is 16.3 Å². The lowest BCUT2D eigenvalue weighted by molar-refractivity contribution is 0.0948. The molecule has 2 aromatic carbocycles. The maximum atomic E-state index is 12.6. The van der Waals surface area contributed by atoms with Crippen LogP contribution in [0.5, 0.6) is 5.75 Å². The van der Waals surface area contributed by atoms with Crippen LogP contribution in [-0.2, 0) is 0 Å². The summed E-state index contributed by atoms with van der Waals surface area (Å²) in [5, 5.41) is 16.0. The predicted molar refractivity (Wildman–Crippen MR) is 105 cm³/mol. The van der Waals surface area contributed by atoms with Crippen LogP contribution in [0.4, 0.5) is 0 Å². The number of carbonyl (C=O) groups excluding carboxylic acids is 1. The van der Waals surface area contributed by atoms with Gasteiger partial charge in [-0.1, -0.05) is 30.3 Å². The highest BCUT2D eigenvalue weighted by Crippen LogP contribution is 2.25. The number of imidazole rings is 1. The zero-order chi connectivity index (χ0) is 19.0. The third kappa shape index (κ3) is 3.01. The quantitative estimate of drug-likeness (QED) is 0.434. The molecule has 0 saturated heterocycles. The molecule has 2 aromatic heterocycles. The Morgan fingerprint density at radius 2 is 2.00 bits per heavy atom. The minimum Gasteiger partial charge on any atom is -0.507 e. The highest BCUT2D eigenvalue weighted by molar-refractivity contribution is 6.03. The van der Waals surface area contributed by atoms with Crippen molar-refractivity contribution in [3.8, 4) is 5.75 Å². The van der Waals surface area contributed by atoms with Crippen molar-refractivity contribution in [1.29, 1.82) is 0 Å². The molecule has 0 spiro atoms. The Bertz CT molecular complexity index is 1210. The van der Waals surface area contributed by atoms with Gasteiger partial charge in [0, 0.05) is 11.8 Å². The maximum Gasteiger partial charge on any atom is 0.290 e. The number of fused-ring (bicyclic) bond motifs is 2. The van der Waals surface area contributed by atoms with Crippen LogP contribution in [0, 0.1) is 13.8 Å². The van der Waals surface area contributed by atoms with Gasteiger partial charge in [-0.2, -0.15) is 5.10 Å². The Balaban J connectivity index is 1.64. The van der Waals surface area contributed by atoms with Crippen LogP contribution < -0.4 is 5.43 Å². The summed E-state index contributed by atoms with van der Waals surface area (Å²) in [5.41, 5.74) is 5.94. The van der Waals surface area contributed by atoms with E-state index in [-0.39, 0.29) is 11.7 Å². The zero-order valence-electron chi connectivity index (χ0n) is 15.0. The number of rotatable bonds is 3. The molecule has 0 atom stereocenters. The summed E-state index contributed by atoms with van der Waals surface area (Å²) in [6.07, 6.45) is 3.28. The lowest BCUT2D eigenvalue weighted by atomic mass is 10.0. The molecule has 27 heavy (non-hydrogen) atoms. The summed E-state index contributed by atoms with van der Waals surface area (Å²) in [6.45, 7) is 3.77. The monoisotopic (exact) mass is 358 g/mol. The van der Waals surface area contributed by atoms with Crippen LogP contribution in [0.25, 0.3) is 16.4 Å². The van der Waals surface area contributed by atoms with E-state index < -0.39 is 0 Å². The summed E-state index contributed by atoms with van der Waals surface area (Å²) in [4.78, 5) is 17.0. The van der Waals surface area contributed by atoms with Gasteiger partial charge in [0.05, 0.1) is 11.9 Å². The SMILES string of the molecule is Cc1ccn2c(C(=O)N/N=C\c3c(O)ccc4ccccc34)c(C)nc2c1. The molecule has 6 nitrogen and oxygen atoms in total. The van der Waals surface area contributed by atoms with Crippen molar-refractivity contribution in [3.05, 3.63) is 77.2 Å². The molecular formula is C21H18N4O2. The summed E-state index contributed by atoms with van der Waals surface area (Å²) in [5.74, 6) is -0.256. The highest BCUT2D eigenvalue weighted by atomic mass is 16.3. The fourth-order valence-corrected chi connectivity index (χ4v) is 3.17. The number of aromatic nitrogens is 2. The van der Waals surface area contributed by atoms with Gasteiger partial charge >= 0.3 is 0 Å². The van der Waals surface area contributed by atoms with Gasteiger partial charge in [0.1, 0.15) is 17.1 Å². The summed E-state index contributed by atoms with van der Waals surface area (Å²) >= 11 is 0. The van der Waals surface area contributed by atoms with Crippen molar-refractivity contribution in [3.63, 3.8) is 0 Å². The number of benzene rings is 2. The molecule has 4 aromatic rings. The van der Waals surface area contributed by atoms with E-state index in [2.05, 4.69) is 15.5 Å². The largest absolute Gasteiger partial charge is 0.507 e. The molecule has 1 amide bonds. The number of pyridine rings is 1. The molecule has 6 heteroatoms. The molecule has 2 heterocycles. The average molecular weight is 358 g/mol. The van der Waals surface area contributed by atoms with Crippen LogP contribution in [-0.4, -0.2) is 26.6 Å². The Hall–Kier alpha value is -3.67. The number of aromatic hydroxyl groups is 1. The van der Waals surface area contributed by atoms with Crippen molar-refractivity contribution < 1.29 is 9.90 Å². The van der Waals surface area contributed by atoms with E-state index in [4.69, 9.17) is 0 Å². The van der Waals surface area contributed by atoms with Gasteiger partial charge in [-0.25, -0.2) is 10.4 Å². The first-order valence-corrected chi connectivity index (χ1v) is 8.54. The molecule has 4 rings (SSSR count). The van der Waals surface area contributed by atoms with Gasteiger partial charge in [0.15, 0.2) is 0 Å². The van der Waals surface area contributed by atoms with E-state index in [9.17, 15) is 9.90 Å². The number of nitrogens with zero attached hydrogens (tertiary/aromatic N) is 3. The molecule has 0 fully saturated rings. The van der Waals surface area contributed by atoms with Crippen molar-refractivity contribution >= 4 is 28.5 Å². The second-order valence-electron chi connectivity index (χ2n) is 6.40. The van der Waals surface area contributed by atoms with Gasteiger partial charge in [0.2, 0.25) is 0 Å². The normalized spacial score (nSPS) is 11.5. The fourth-order valence-electron chi connectivity index (χ4n) is 3.17. The summed E-state index contributed by atoms with van der Waals surface area (Å²) in [6, 6.07) is 15.0. The van der Waals surface area contributed by atoms with Gasteiger partial charge in [0.25, 0.3) is 5.91 Å². The standard InChI is InChI=1S/C21H18N4O2/c1-13-9-10-25-19(11-13)23-14(2)20(25)21(27)24-22-12-17-16-6-4-3-5-15(16)7-8-18(17)26/h3-12,26H,1-2H3,(H,24,27)/b22-12-. The zero-order valence-corrected chi connectivity index (χ0v) is 15.0. The topological polar surface area (TPSA) is 79.0 Å². The number of hydrogen-bond donors (Lipinski definition) is 2. The van der Waals surface area contributed by atoms with Gasteiger partial charge in [-0.15, -0.1) is 0 Å². The highest BCUT2D eigenvalue weighted by Gasteiger charge is 2.16. The number of carbonyl (C=O) groups is 1. The lowest BCUT2D eigenvalue weighted by Crippen LogP contribution is -2.20. The fraction of sp³-hybridized carbons (Fsp3) is 0.0952. The second kappa shape index (κ2) is 6.57. The van der Waals surface area contributed by atoms with E-state index >= 15 is 0 Å². The van der Waals surface area contributed by atoms with Crippen LogP contribution in [0.15, 0.2) is 59.8 Å². The van der Waals surface area contributed by atoms with Crippen LogP contribution in [0.3, 0.4) is 0 Å². The Labute approximate surface area is 155 Å². The van der Waals surface area contributed by atoms with Crippen molar-refractivity contribution in [2.45, 2.75) is 13.8 Å². The van der Waals surface area contributed by atoms with E-state index in [1.54, 1.807) is 17.4 Å². The average Bonchev–Trinajstić information content (AvgIpc) is 2.98. The van der Waals surface area contributed by atoms with Crippen molar-refractivity contribution in [2.24, 2.45) is 5.10 Å². The molecule has 0 unspecified atom stereocenters. The third-order valence-corrected chi connectivity index (χ3v) is 4.48. The molecule has 0 aliphatic carbocycles. The molecule has 0 radical (unpaired) electrons. The molecule has 0 bridgehead atoms. The Kier molecular flexibility index (Phi) is 4.08. The molecule has 0 aliphatic heterocycles. The van der Waals surface area contributed by atoms with Gasteiger partial charge in [-0.05, 0) is 48.4 Å². The molecule has 0 aliphatic rings. The summed E-state index contributed by atoms with van der Waals surface area (Å²) < 4.78 is 1.74. The number of hydrazone groups is 1. The maximum absolute atomic E-state index is 12.6. The number of hydrogen-bond acceptors (Lipinski definition) is 4. The van der Waals surface area contributed by atoms with Gasteiger partial charge < -0.3 is 5.11 Å². The first-order chi connectivity index (χ1) is 13.0.